The van der Waals surface area contributed by atoms with E-state index in [-0.39, 0.29) is 19.7 Å². The van der Waals surface area contributed by atoms with Crippen LogP contribution in [-0.2, 0) is 9.53 Å². The van der Waals surface area contributed by atoms with E-state index in [0.717, 1.165) is 4.90 Å². The van der Waals surface area contributed by atoms with Crippen LogP contribution in [0, 0.1) is 0 Å². The molecule has 1 aliphatic heterocycles. The molecular formula is C11H19F3N2O3. The Morgan fingerprint density at radius 3 is 2.68 bits per heavy atom. The van der Waals surface area contributed by atoms with Gasteiger partial charge in [-0.05, 0) is 6.42 Å². The predicted octanol–water partition coefficient (Wildman–Crippen LogP) is 0.0903. The van der Waals surface area contributed by atoms with Crippen LogP contribution in [0.15, 0.2) is 0 Å². The van der Waals surface area contributed by atoms with E-state index in [1.807, 2.05) is 0 Å². The molecule has 1 saturated heterocycles. The van der Waals surface area contributed by atoms with Crippen molar-refractivity contribution in [3.8, 4) is 0 Å². The Balaban J connectivity index is 2.60. The molecule has 8 heteroatoms. The molecule has 1 heterocycles. The summed E-state index contributed by atoms with van der Waals surface area (Å²) in [6.07, 6.45) is -4.03. The van der Waals surface area contributed by atoms with Gasteiger partial charge in [-0.15, -0.1) is 0 Å². The molecular weight excluding hydrogens is 265 g/mol. The van der Waals surface area contributed by atoms with Crippen LogP contribution in [0.3, 0.4) is 0 Å². The number of amides is 1. The number of carbonyl (C=O) groups is 1. The van der Waals surface area contributed by atoms with Crippen molar-refractivity contribution in [3.05, 3.63) is 0 Å². The summed E-state index contributed by atoms with van der Waals surface area (Å²) in [5.74, 6) is -0.526. The lowest BCUT2D eigenvalue weighted by Crippen LogP contribution is -2.46. The van der Waals surface area contributed by atoms with Crippen LogP contribution >= 0.6 is 0 Å². The zero-order valence-corrected chi connectivity index (χ0v) is 10.8. The van der Waals surface area contributed by atoms with Gasteiger partial charge in [0.05, 0.1) is 19.3 Å². The molecule has 0 spiro atoms. The van der Waals surface area contributed by atoms with E-state index >= 15 is 0 Å². The van der Waals surface area contributed by atoms with Crippen LogP contribution in [0.2, 0.25) is 0 Å². The predicted molar refractivity (Wildman–Crippen MR) is 61.6 cm³/mol. The van der Waals surface area contributed by atoms with Crippen molar-refractivity contribution >= 4 is 5.91 Å². The van der Waals surface area contributed by atoms with Gasteiger partial charge in [0.25, 0.3) is 0 Å². The van der Waals surface area contributed by atoms with E-state index in [0.29, 0.717) is 19.6 Å². The minimum Gasteiger partial charge on any atom is -0.395 e. The van der Waals surface area contributed by atoms with Crippen LogP contribution in [0.25, 0.3) is 0 Å². The first-order valence-corrected chi connectivity index (χ1v) is 6.08. The molecule has 1 atom stereocenters. The Bertz CT molecular complexity index is 299. The van der Waals surface area contributed by atoms with Gasteiger partial charge in [0.15, 0.2) is 0 Å². The molecule has 1 amide bonds. The number of carbonyl (C=O) groups excluding carboxylic acids is 1. The molecule has 1 fully saturated rings. The highest BCUT2D eigenvalue weighted by atomic mass is 19.4. The van der Waals surface area contributed by atoms with Crippen LogP contribution in [0.1, 0.15) is 6.42 Å². The highest BCUT2D eigenvalue weighted by Crippen LogP contribution is 2.23. The number of hydrogen-bond donors (Lipinski definition) is 1. The van der Waals surface area contributed by atoms with E-state index in [4.69, 9.17) is 9.84 Å². The van der Waals surface area contributed by atoms with Crippen molar-refractivity contribution in [2.24, 2.45) is 0 Å². The fourth-order valence-electron chi connectivity index (χ4n) is 2.20. The third kappa shape index (κ3) is 4.96. The van der Waals surface area contributed by atoms with Crippen molar-refractivity contribution in [1.29, 1.82) is 0 Å². The number of rotatable bonds is 7. The highest BCUT2D eigenvalue weighted by molar-refractivity contribution is 5.84. The minimum absolute atomic E-state index is 0.0952. The molecule has 0 aromatic carbocycles. The van der Waals surface area contributed by atoms with Gasteiger partial charge in [-0.2, -0.15) is 13.2 Å². The van der Waals surface area contributed by atoms with Crippen LogP contribution in [0.4, 0.5) is 13.2 Å². The Kier molecular flexibility index (Phi) is 6.02. The molecule has 1 unspecified atom stereocenters. The van der Waals surface area contributed by atoms with E-state index in [2.05, 4.69) is 0 Å². The summed E-state index contributed by atoms with van der Waals surface area (Å²) >= 11 is 0. The molecule has 5 nitrogen and oxygen atoms in total. The Morgan fingerprint density at radius 2 is 2.16 bits per heavy atom. The number of halogens is 3. The van der Waals surface area contributed by atoms with Gasteiger partial charge >= 0.3 is 6.18 Å². The number of aliphatic hydroxyl groups excluding tert-OH is 1. The molecule has 112 valence electrons. The number of alkyl halides is 3. The van der Waals surface area contributed by atoms with Gasteiger partial charge in [0, 0.05) is 26.7 Å². The molecule has 19 heavy (non-hydrogen) atoms. The van der Waals surface area contributed by atoms with Gasteiger partial charge in [-0.1, -0.05) is 0 Å². The van der Waals surface area contributed by atoms with Crippen molar-refractivity contribution in [2.45, 2.75) is 18.6 Å². The van der Waals surface area contributed by atoms with E-state index < -0.39 is 24.7 Å². The average molecular weight is 284 g/mol. The Morgan fingerprint density at radius 1 is 1.47 bits per heavy atom. The van der Waals surface area contributed by atoms with Gasteiger partial charge in [-0.3, -0.25) is 9.69 Å². The van der Waals surface area contributed by atoms with E-state index in [1.165, 1.54) is 7.11 Å². The molecule has 0 bridgehead atoms. The average Bonchev–Trinajstić information content (AvgIpc) is 2.65. The molecule has 0 aromatic heterocycles. The van der Waals surface area contributed by atoms with E-state index in [9.17, 15) is 18.0 Å². The van der Waals surface area contributed by atoms with Crippen LogP contribution < -0.4 is 0 Å². The smallest absolute Gasteiger partial charge is 0.395 e. The fourth-order valence-corrected chi connectivity index (χ4v) is 2.20. The maximum atomic E-state index is 12.3. The third-order valence-corrected chi connectivity index (χ3v) is 3.05. The summed E-state index contributed by atoms with van der Waals surface area (Å²) in [5, 5.41) is 8.95. The number of methoxy groups -OCH3 is 1. The van der Waals surface area contributed by atoms with Crippen molar-refractivity contribution in [3.63, 3.8) is 0 Å². The first kappa shape index (κ1) is 16.2. The first-order chi connectivity index (χ1) is 8.89. The summed E-state index contributed by atoms with van der Waals surface area (Å²) in [6.45, 7) is -0.236. The fraction of sp³-hybridized carbons (Fsp3) is 0.909. The zero-order chi connectivity index (χ0) is 14.5. The topological polar surface area (TPSA) is 53.0 Å². The Labute approximate surface area is 109 Å². The van der Waals surface area contributed by atoms with Crippen molar-refractivity contribution < 1.29 is 27.8 Å². The molecule has 0 saturated carbocycles. The third-order valence-electron chi connectivity index (χ3n) is 3.05. The van der Waals surface area contributed by atoms with Crippen molar-refractivity contribution in [2.75, 3.05) is 46.5 Å². The molecule has 0 aliphatic carbocycles. The quantitative estimate of drug-likeness (QED) is 0.720. The van der Waals surface area contributed by atoms with Gasteiger partial charge < -0.3 is 14.7 Å². The monoisotopic (exact) mass is 284 g/mol. The summed E-state index contributed by atoms with van der Waals surface area (Å²) in [5.41, 5.74) is 0. The molecule has 0 aromatic rings. The molecule has 1 rings (SSSR count). The standard InChI is InChI=1S/C11H19F3N2O3/c1-19-7-5-15(4-6-17)9-2-3-16(10(9)18)8-11(12,13)14/h9,17H,2-8H2,1H3. The highest BCUT2D eigenvalue weighted by Gasteiger charge is 2.41. The largest absolute Gasteiger partial charge is 0.406 e. The molecule has 1 aliphatic rings. The van der Waals surface area contributed by atoms with Gasteiger partial charge in [-0.25, -0.2) is 0 Å². The van der Waals surface area contributed by atoms with Crippen LogP contribution in [-0.4, -0.2) is 79.5 Å². The lowest BCUT2D eigenvalue weighted by Gasteiger charge is -2.27. The second-order valence-electron chi connectivity index (χ2n) is 4.43. The van der Waals surface area contributed by atoms with Gasteiger partial charge in [0.1, 0.15) is 6.54 Å². The maximum Gasteiger partial charge on any atom is 0.406 e. The number of nitrogens with zero attached hydrogens (tertiary/aromatic N) is 2. The normalized spacial score (nSPS) is 20.6. The number of likely N-dealkylation sites (tertiary alicyclic amines) is 1. The second kappa shape index (κ2) is 7.06. The zero-order valence-electron chi connectivity index (χ0n) is 10.8. The minimum atomic E-state index is -4.38. The number of hydrogen-bond acceptors (Lipinski definition) is 4. The number of ether oxygens (including phenoxy) is 1. The lowest BCUT2D eigenvalue weighted by atomic mass is 10.2. The number of aliphatic hydroxyl groups is 1. The molecule has 0 radical (unpaired) electrons. The van der Waals surface area contributed by atoms with Gasteiger partial charge in [0.2, 0.25) is 5.91 Å². The SMILES string of the molecule is COCCN(CCO)C1CCN(CC(F)(F)F)C1=O. The van der Waals surface area contributed by atoms with Crippen LogP contribution in [0.5, 0.6) is 0 Å². The first-order valence-electron chi connectivity index (χ1n) is 6.08. The van der Waals surface area contributed by atoms with E-state index in [1.54, 1.807) is 4.90 Å². The second-order valence-corrected chi connectivity index (χ2v) is 4.43. The summed E-state index contributed by atoms with van der Waals surface area (Å²) < 4.78 is 41.8. The summed E-state index contributed by atoms with van der Waals surface area (Å²) in [4.78, 5) is 14.4. The Hall–Kier alpha value is -0.860. The van der Waals surface area contributed by atoms with Crippen molar-refractivity contribution in [1.82, 2.24) is 9.80 Å². The summed E-state index contributed by atoms with van der Waals surface area (Å²) in [7, 11) is 1.50. The lowest BCUT2D eigenvalue weighted by molar-refractivity contribution is -0.159. The summed E-state index contributed by atoms with van der Waals surface area (Å²) in [6, 6.07) is -0.593. The molecule has 1 N–H and O–H groups in total. The maximum absolute atomic E-state index is 12.3.